The van der Waals surface area contributed by atoms with Gasteiger partial charge in [-0.1, -0.05) is 47.5 Å². The van der Waals surface area contributed by atoms with Crippen molar-refractivity contribution in [1.82, 2.24) is 4.90 Å². The lowest BCUT2D eigenvalue weighted by Gasteiger charge is -2.31. The molecular weight excluding hydrogens is 244 g/mol. The SMILES string of the molecule is CCCCN(CCCC)CCCC(CCN)C(C)(C)C. The van der Waals surface area contributed by atoms with E-state index in [4.69, 9.17) is 5.73 Å². The smallest absolute Gasteiger partial charge is 0.00186 e. The van der Waals surface area contributed by atoms with Gasteiger partial charge in [-0.3, -0.25) is 0 Å². The summed E-state index contributed by atoms with van der Waals surface area (Å²) in [5, 5.41) is 0. The minimum absolute atomic E-state index is 0.400. The molecule has 0 rings (SSSR count). The molecule has 20 heavy (non-hydrogen) atoms. The van der Waals surface area contributed by atoms with Crippen molar-refractivity contribution in [3.63, 3.8) is 0 Å². The molecule has 1 atom stereocenters. The molecule has 2 heteroatoms. The molecule has 0 spiro atoms. The van der Waals surface area contributed by atoms with Gasteiger partial charge in [0.05, 0.1) is 0 Å². The molecule has 0 amide bonds. The lowest BCUT2D eigenvalue weighted by atomic mass is 9.76. The van der Waals surface area contributed by atoms with Gasteiger partial charge in [-0.05, 0) is 69.6 Å². The summed E-state index contributed by atoms with van der Waals surface area (Å²) < 4.78 is 0. The molecular formula is C18H40N2. The average Bonchev–Trinajstić information content (AvgIpc) is 2.39. The van der Waals surface area contributed by atoms with Gasteiger partial charge in [0.1, 0.15) is 0 Å². The zero-order valence-electron chi connectivity index (χ0n) is 14.9. The van der Waals surface area contributed by atoms with Crippen LogP contribution in [0.3, 0.4) is 0 Å². The quantitative estimate of drug-likeness (QED) is 0.564. The Hall–Kier alpha value is -0.0800. The molecule has 0 saturated carbocycles. The maximum atomic E-state index is 5.78. The van der Waals surface area contributed by atoms with Crippen LogP contribution in [0.25, 0.3) is 0 Å². The van der Waals surface area contributed by atoms with E-state index in [0.717, 1.165) is 12.5 Å². The van der Waals surface area contributed by atoms with Gasteiger partial charge < -0.3 is 10.6 Å². The Morgan fingerprint density at radius 3 is 1.75 bits per heavy atom. The van der Waals surface area contributed by atoms with Gasteiger partial charge in [0.2, 0.25) is 0 Å². The van der Waals surface area contributed by atoms with Crippen molar-refractivity contribution < 1.29 is 0 Å². The minimum Gasteiger partial charge on any atom is -0.330 e. The fourth-order valence-corrected chi connectivity index (χ4v) is 2.87. The molecule has 0 saturated heterocycles. The maximum absolute atomic E-state index is 5.78. The molecule has 0 bridgehead atoms. The Morgan fingerprint density at radius 2 is 1.35 bits per heavy atom. The highest BCUT2D eigenvalue weighted by molar-refractivity contribution is 4.75. The van der Waals surface area contributed by atoms with Crippen molar-refractivity contribution in [3.05, 3.63) is 0 Å². The molecule has 0 aromatic rings. The largest absolute Gasteiger partial charge is 0.330 e. The zero-order valence-corrected chi connectivity index (χ0v) is 14.9. The first-order valence-corrected chi connectivity index (χ1v) is 8.88. The van der Waals surface area contributed by atoms with E-state index in [1.54, 1.807) is 0 Å². The van der Waals surface area contributed by atoms with Crippen LogP contribution in [-0.4, -0.2) is 31.1 Å². The Morgan fingerprint density at radius 1 is 0.850 bits per heavy atom. The normalized spacial score (nSPS) is 13.9. The number of unbranched alkanes of at least 4 members (excludes halogenated alkanes) is 2. The number of nitrogens with zero attached hydrogens (tertiary/aromatic N) is 1. The van der Waals surface area contributed by atoms with Gasteiger partial charge in [-0.15, -0.1) is 0 Å². The molecule has 0 radical (unpaired) electrons. The van der Waals surface area contributed by atoms with Crippen LogP contribution >= 0.6 is 0 Å². The molecule has 0 aliphatic heterocycles. The molecule has 0 aromatic carbocycles. The van der Waals surface area contributed by atoms with Crippen LogP contribution < -0.4 is 5.73 Å². The van der Waals surface area contributed by atoms with Gasteiger partial charge >= 0.3 is 0 Å². The van der Waals surface area contributed by atoms with Crippen LogP contribution in [0.5, 0.6) is 0 Å². The fraction of sp³-hybridized carbons (Fsp3) is 1.00. The predicted octanol–water partition coefficient (Wildman–Crippen LogP) is 4.68. The number of nitrogens with two attached hydrogens (primary N) is 1. The van der Waals surface area contributed by atoms with Gasteiger partial charge in [-0.2, -0.15) is 0 Å². The van der Waals surface area contributed by atoms with Crippen LogP contribution in [0.2, 0.25) is 0 Å². The second-order valence-corrected chi connectivity index (χ2v) is 7.33. The van der Waals surface area contributed by atoms with Crippen LogP contribution in [0, 0.1) is 11.3 Å². The number of rotatable bonds is 12. The van der Waals surface area contributed by atoms with Gasteiger partial charge in [0.25, 0.3) is 0 Å². The number of hydrogen-bond donors (Lipinski definition) is 1. The van der Waals surface area contributed by atoms with E-state index in [9.17, 15) is 0 Å². The second kappa shape index (κ2) is 11.6. The first-order chi connectivity index (χ1) is 9.45. The van der Waals surface area contributed by atoms with Gasteiger partial charge in [0.15, 0.2) is 0 Å². The molecule has 0 fully saturated rings. The molecule has 2 N–H and O–H groups in total. The summed E-state index contributed by atoms with van der Waals surface area (Å²) in [7, 11) is 0. The molecule has 0 aromatic heterocycles. The zero-order chi connectivity index (χ0) is 15.4. The highest BCUT2D eigenvalue weighted by Gasteiger charge is 2.23. The van der Waals surface area contributed by atoms with E-state index in [1.165, 1.54) is 64.6 Å². The molecule has 0 heterocycles. The highest BCUT2D eigenvalue weighted by atomic mass is 15.1. The van der Waals surface area contributed by atoms with E-state index >= 15 is 0 Å². The summed E-state index contributed by atoms with van der Waals surface area (Å²) in [4.78, 5) is 2.68. The Balaban J connectivity index is 4.10. The lowest BCUT2D eigenvalue weighted by molar-refractivity contribution is 0.192. The summed E-state index contributed by atoms with van der Waals surface area (Å²) in [6.45, 7) is 16.3. The summed E-state index contributed by atoms with van der Waals surface area (Å²) >= 11 is 0. The third-order valence-corrected chi connectivity index (χ3v) is 4.42. The first kappa shape index (κ1) is 19.9. The van der Waals surface area contributed by atoms with Gasteiger partial charge in [-0.25, -0.2) is 0 Å². The molecule has 1 unspecified atom stereocenters. The van der Waals surface area contributed by atoms with Crippen molar-refractivity contribution in [2.24, 2.45) is 17.1 Å². The molecule has 122 valence electrons. The predicted molar refractivity (Wildman–Crippen MR) is 92.1 cm³/mol. The van der Waals surface area contributed by atoms with E-state index in [0.29, 0.717) is 5.41 Å². The lowest BCUT2D eigenvalue weighted by Crippen LogP contribution is -2.29. The van der Waals surface area contributed by atoms with Crippen LogP contribution in [0.4, 0.5) is 0 Å². The van der Waals surface area contributed by atoms with E-state index in [-0.39, 0.29) is 0 Å². The summed E-state index contributed by atoms with van der Waals surface area (Å²) in [5.41, 5.74) is 6.18. The summed E-state index contributed by atoms with van der Waals surface area (Å²) in [6, 6.07) is 0. The van der Waals surface area contributed by atoms with Crippen molar-refractivity contribution in [1.29, 1.82) is 0 Å². The Labute approximate surface area is 128 Å². The van der Waals surface area contributed by atoms with Crippen molar-refractivity contribution in [3.8, 4) is 0 Å². The van der Waals surface area contributed by atoms with E-state index in [1.807, 2.05) is 0 Å². The van der Waals surface area contributed by atoms with Crippen molar-refractivity contribution >= 4 is 0 Å². The maximum Gasteiger partial charge on any atom is -0.00186 e. The third-order valence-electron chi connectivity index (χ3n) is 4.42. The van der Waals surface area contributed by atoms with E-state index < -0.39 is 0 Å². The van der Waals surface area contributed by atoms with Crippen molar-refractivity contribution in [2.45, 2.75) is 79.6 Å². The topological polar surface area (TPSA) is 29.3 Å². The summed E-state index contributed by atoms with van der Waals surface area (Å²) in [6.07, 6.45) is 9.13. The van der Waals surface area contributed by atoms with E-state index in [2.05, 4.69) is 39.5 Å². The number of hydrogen-bond acceptors (Lipinski definition) is 2. The molecule has 2 nitrogen and oxygen atoms in total. The molecule has 0 aliphatic rings. The average molecular weight is 285 g/mol. The third kappa shape index (κ3) is 9.77. The monoisotopic (exact) mass is 284 g/mol. The summed E-state index contributed by atoms with van der Waals surface area (Å²) in [5.74, 6) is 0.770. The van der Waals surface area contributed by atoms with Crippen LogP contribution in [0.1, 0.15) is 79.6 Å². The first-order valence-electron chi connectivity index (χ1n) is 8.88. The van der Waals surface area contributed by atoms with Gasteiger partial charge in [0, 0.05) is 0 Å². The highest BCUT2D eigenvalue weighted by Crippen LogP contribution is 2.32. The van der Waals surface area contributed by atoms with Crippen LogP contribution in [-0.2, 0) is 0 Å². The second-order valence-electron chi connectivity index (χ2n) is 7.33. The standard InChI is InChI=1S/C18H40N2/c1-6-8-14-20(15-9-7-2)16-10-11-17(12-13-19)18(3,4)5/h17H,6-16,19H2,1-5H3. The minimum atomic E-state index is 0.400. The molecule has 0 aliphatic carbocycles. The van der Waals surface area contributed by atoms with Crippen molar-refractivity contribution in [2.75, 3.05) is 26.2 Å². The Bertz CT molecular complexity index is 200. The van der Waals surface area contributed by atoms with Crippen LogP contribution in [0.15, 0.2) is 0 Å². The fourth-order valence-electron chi connectivity index (χ4n) is 2.87. The Kier molecular flexibility index (Phi) is 11.5.